The quantitative estimate of drug-likeness (QED) is 0.842. The smallest absolute Gasteiger partial charge is 0.185 e. The third-order valence-corrected chi connectivity index (χ3v) is 3.89. The van der Waals surface area contributed by atoms with Crippen LogP contribution in [0.1, 0.15) is 32.6 Å². The topological polar surface area (TPSA) is 69.6 Å². The molecule has 0 spiro atoms. The Bertz CT molecular complexity index is 601. The lowest BCUT2D eigenvalue weighted by Gasteiger charge is -2.24. The highest BCUT2D eigenvalue weighted by Crippen LogP contribution is 2.38. The van der Waals surface area contributed by atoms with E-state index in [1.165, 1.54) is 12.1 Å². The van der Waals surface area contributed by atoms with Crippen molar-refractivity contribution < 1.29 is 4.39 Å². The molecule has 1 aliphatic rings. The van der Waals surface area contributed by atoms with Crippen LogP contribution in [0.4, 0.5) is 10.1 Å². The predicted molar refractivity (Wildman–Crippen MR) is 69.7 cm³/mol. The van der Waals surface area contributed by atoms with Crippen molar-refractivity contribution in [2.45, 2.75) is 38.1 Å². The molecule has 6 heteroatoms. The maximum atomic E-state index is 14.0. The first-order valence-corrected chi connectivity index (χ1v) is 6.44. The van der Waals surface area contributed by atoms with Crippen molar-refractivity contribution in [2.24, 2.45) is 0 Å². The minimum Gasteiger partial charge on any atom is -0.399 e. The van der Waals surface area contributed by atoms with E-state index in [0.29, 0.717) is 17.1 Å². The molecular weight excluding hydrogens is 245 g/mol. The summed E-state index contributed by atoms with van der Waals surface area (Å²) in [7, 11) is 0. The van der Waals surface area contributed by atoms with Gasteiger partial charge in [-0.25, -0.2) is 9.07 Å². The van der Waals surface area contributed by atoms with E-state index in [-0.39, 0.29) is 11.4 Å². The van der Waals surface area contributed by atoms with Crippen LogP contribution in [0.15, 0.2) is 18.2 Å². The number of rotatable bonds is 2. The third-order valence-electron chi connectivity index (χ3n) is 3.89. The number of nitrogens with two attached hydrogens (primary N) is 1. The van der Waals surface area contributed by atoms with Crippen LogP contribution in [0.25, 0.3) is 11.4 Å². The second kappa shape index (κ2) is 4.29. The zero-order chi connectivity index (χ0) is 13.5. The van der Waals surface area contributed by atoms with Gasteiger partial charge in [-0.15, -0.1) is 5.10 Å². The van der Waals surface area contributed by atoms with Gasteiger partial charge in [-0.2, -0.15) is 0 Å². The van der Waals surface area contributed by atoms with Gasteiger partial charge in [-0.05, 0) is 48.4 Å². The highest BCUT2D eigenvalue weighted by atomic mass is 19.1. The Labute approximate surface area is 110 Å². The van der Waals surface area contributed by atoms with E-state index in [4.69, 9.17) is 5.73 Å². The molecule has 0 amide bonds. The number of nitrogen functional groups attached to an aromatic ring is 1. The Morgan fingerprint density at radius 2 is 2.05 bits per heavy atom. The fourth-order valence-electron chi connectivity index (χ4n) is 2.78. The first kappa shape index (κ1) is 12.1. The van der Waals surface area contributed by atoms with Gasteiger partial charge >= 0.3 is 0 Å². The van der Waals surface area contributed by atoms with Crippen LogP contribution in [0, 0.1) is 5.82 Å². The molecule has 2 N–H and O–H groups in total. The zero-order valence-electron chi connectivity index (χ0n) is 10.8. The second-order valence-electron chi connectivity index (χ2n) is 5.36. The Balaban J connectivity index is 2.12. The first-order valence-electron chi connectivity index (χ1n) is 6.44. The molecule has 1 saturated carbocycles. The van der Waals surface area contributed by atoms with Crippen molar-refractivity contribution in [3.63, 3.8) is 0 Å². The molecule has 1 fully saturated rings. The van der Waals surface area contributed by atoms with E-state index in [1.807, 2.05) is 0 Å². The van der Waals surface area contributed by atoms with E-state index >= 15 is 0 Å². The summed E-state index contributed by atoms with van der Waals surface area (Å²) in [5.41, 5.74) is 6.46. The van der Waals surface area contributed by atoms with Crippen molar-refractivity contribution in [2.75, 3.05) is 5.73 Å². The molecular formula is C13H16FN5. The number of halogens is 1. The first-order chi connectivity index (χ1) is 9.10. The maximum absolute atomic E-state index is 14.0. The molecule has 1 aromatic heterocycles. The van der Waals surface area contributed by atoms with Gasteiger partial charge < -0.3 is 5.73 Å². The summed E-state index contributed by atoms with van der Waals surface area (Å²) < 4.78 is 15.7. The standard InChI is InChI=1S/C13H16FN5/c1-13(6-2-3-7-13)19-12(16-17-18-19)10-8-9(15)4-5-11(10)14/h4-5,8H,2-3,6-7,15H2,1H3. The fraction of sp³-hybridized carbons (Fsp3) is 0.462. The van der Waals surface area contributed by atoms with Gasteiger partial charge in [-0.3, -0.25) is 0 Å². The van der Waals surface area contributed by atoms with Gasteiger partial charge in [0.1, 0.15) is 5.82 Å². The molecule has 19 heavy (non-hydrogen) atoms. The average molecular weight is 261 g/mol. The lowest BCUT2D eigenvalue weighted by molar-refractivity contribution is 0.292. The van der Waals surface area contributed by atoms with E-state index < -0.39 is 0 Å². The number of anilines is 1. The summed E-state index contributed by atoms with van der Waals surface area (Å²) >= 11 is 0. The molecule has 2 aromatic rings. The number of nitrogens with zero attached hydrogens (tertiary/aromatic N) is 4. The molecule has 0 atom stereocenters. The molecule has 5 nitrogen and oxygen atoms in total. The number of hydrogen-bond donors (Lipinski definition) is 1. The van der Waals surface area contributed by atoms with Gasteiger partial charge in [-0.1, -0.05) is 12.8 Å². The van der Waals surface area contributed by atoms with Gasteiger partial charge in [0.25, 0.3) is 0 Å². The highest BCUT2D eigenvalue weighted by Gasteiger charge is 2.34. The van der Waals surface area contributed by atoms with Crippen molar-refractivity contribution >= 4 is 5.69 Å². The Hall–Kier alpha value is -1.98. The van der Waals surface area contributed by atoms with E-state index in [9.17, 15) is 4.39 Å². The fourth-order valence-corrected chi connectivity index (χ4v) is 2.78. The van der Waals surface area contributed by atoms with Crippen LogP contribution in [0.2, 0.25) is 0 Å². The van der Waals surface area contributed by atoms with Gasteiger partial charge in [0.05, 0.1) is 11.1 Å². The largest absolute Gasteiger partial charge is 0.399 e. The Morgan fingerprint density at radius 1 is 1.32 bits per heavy atom. The summed E-state index contributed by atoms with van der Waals surface area (Å²) in [5, 5.41) is 11.8. The van der Waals surface area contributed by atoms with Crippen LogP contribution in [0.3, 0.4) is 0 Å². The number of aromatic nitrogens is 4. The lowest BCUT2D eigenvalue weighted by Crippen LogP contribution is -2.28. The molecule has 0 radical (unpaired) electrons. The zero-order valence-corrected chi connectivity index (χ0v) is 10.8. The minimum absolute atomic E-state index is 0.129. The molecule has 1 aliphatic carbocycles. The van der Waals surface area contributed by atoms with Crippen LogP contribution >= 0.6 is 0 Å². The molecule has 0 saturated heterocycles. The summed E-state index contributed by atoms with van der Waals surface area (Å²) in [4.78, 5) is 0. The molecule has 0 bridgehead atoms. The van der Waals surface area contributed by atoms with Crippen LogP contribution in [-0.2, 0) is 5.54 Å². The average Bonchev–Trinajstić information content (AvgIpc) is 3.01. The van der Waals surface area contributed by atoms with Gasteiger partial charge in [0.15, 0.2) is 5.82 Å². The van der Waals surface area contributed by atoms with E-state index in [0.717, 1.165) is 25.7 Å². The van der Waals surface area contributed by atoms with Crippen molar-refractivity contribution in [3.8, 4) is 11.4 Å². The molecule has 3 rings (SSSR count). The van der Waals surface area contributed by atoms with E-state index in [1.54, 1.807) is 10.7 Å². The van der Waals surface area contributed by atoms with Crippen LogP contribution < -0.4 is 5.73 Å². The maximum Gasteiger partial charge on any atom is 0.185 e. The number of benzene rings is 1. The summed E-state index contributed by atoms with van der Waals surface area (Å²) in [5.74, 6) is 0.0982. The molecule has 0 aliphatic heterocycles. The Kier molecular flexibility index (Phi) is 2.73. The van der Waals surface area contributed by atoms with Gasteiger partial charge in [0, 0.05) is 5.69 Å². The van der Waals surface area contributed by atoms with Crippen LogP contribution in [-0.4, -0.2) is 20.2 Å². The molecule has 1 heterocycles. The number of hydrogen-bond acceptors (Lipinski definition) is 4. The monoisotopic (exact) mass is 261 g/mol. The third kappa shape index (κ3) is 1.97. The van der Waals surface area contributed by atoms with Gasteiger partial charge in [0.2, 0.25) is 0 Å². The molecule has 0 unspecified atom stereocenters. The normalized spacial score (nSPS) is 17.8. The summed E-state index contributed by atoms with van der Waals surface area (Å²) in [6, 6.07) is 4.46. The minimum atomic E-state index is -0.355. The van der Waals surface area contributed by atoms with Crippen molar-refractivity contribution in [3.05, 3.63) is 24.0 Å². The predicted octanol–water partition coefficient (Wildman–Crippen LogP) is 2.35. The van der Waals surface area contributed by atoms with E-state index in [2.05, 4.69) is 22.4 Å². The second-order valence-corrected chi connectivity index (χ2v) is 5.36. The SMILES string of the molecule is CC1(n2nnnc2-c2cc(N)ccc2F)CCCC1. The molecule has 100 valence electrons. The molecule has 1 aromatic carbocycles. The summed E-state index contributed by atoms with van der Waals surface area (Å²) in [6.07, 6.45) is 4.31. The van der Waals surface area contributed by atoms with Crippen LogP contribution in [0.5, 0.6) is 0 Å². The lowest BCUT2D eigenvalue weighted by atomic mass is 10.0. The van der Waals surface area contributed by atoms with Crippen molar-refractivity contribution in [1.29, 1.82) is 0 Å². The number of tetrazole rings is 1. The Morgan fingerprint density at radius 3 is 2.79 bits per heavy atom. The highest BCUT2D eigenvalue weighted by molar-refractivity contribution is 5.61. The van der Waals surface area contributed by atoms with Crippen molar-refractivity contribution in [1.82, 2.24) is 20.2 Å². The summed E-state index contributed by atoms with van der Waals surface area (Å²) in [6.45, 7) is 2.12.